The highest BCUT2D eigenvalue weighted by molar-refractivity contribution is 5.79. The minimum absolute atomic E-state index is 0.519. The lowest BCUT2D eigenvalue weighted by Gasteiger charge is -2.37. The Labute approximate surface area is 105 Å². The fourth-order valence-corrected chi connectivity index (χ4v) is 2.23. The number of guanidine groups is 1. The molecule has 0 aromatic carbocycles. The van der Waals surface area contributed by atoms with Crippen molar-refractivity contribution in [1.29, 1.82) is 0 Å². The van der Waals surface area contributed by atoms with E-state index in [2.05, 4.69) is 41.2 Å². The average Bonchev–Trinajstić information content (AvgIpc) is 2.34. The monoisotopic (exact) mass is 241 g/mol. The lowest BCUT2D eigenvalue weighted by Crippen LogP contribution is -2.52. The fraction of sp³-hybridized carbons (Fsp3) is 0.917. The Kier molecular flexibility index (Phi) is 6.29. The molecular weight excluding hydrogens is 214 g/mol. The van der Waals surface area contributed by atoms with E-state index in [0.29, 0.717) is 6.04 Å². The highest BCUT2D eigenvalue weighted by Gasteiger charge is 2.22. The Morgan fingerprint density at radius 1 is 1.59 bits per heavy atom. The van der Waals surface area contributed by atoms with Gasteiger partial charge in [-0.25, -0.2) is 5.84 Å². The third kappa shape index (κ3) is 4.52. The lowest BCUT2D eigenvalue weighted by atomic mass is 10.1. The maximum absolute atomic E-state index is 5.56. The summed E-state index contributed by atoms with van der Waals surface area (Å²) in [4.78, 5) is 9.07. The smallest absolute Gasteiger partial charge is 0.208 e. The molecule has 1 rings (SSSR count). The van der Waals surface area contributed by atoms with E-state index < -0.39 is 0 Å². The van der Waals surface area contributed by atoms with Crippen LogP contribution in [0.2, 0.25) is 0 Å². The van der Waals surface area contributed by atoms with E-state index >= 15 is 0 Å². The summed E-state index contributed by atoms with van der Waals surface area (Å²) in [5.41, 5.74) is 2.73. The first-order chi connectivity index (χ1) is 8.19. The molecule has 100 valence electrons. The van der Waals surface area contributed by atoms with E-state index in [1.807, 2.05) is 0 Å². The first-order valence-corrected chi connectivity index (χ1v) is 6.61. The molecule has 1 heterocycles. The third-order valence-corrected chi connectivity index (χ3v) is 3.38. The molecule has 0 saturated carbocycles. The second-order valence-electron chi connectivity index (χ2n) is 4.87. The van der Waals surface area contributed by atoms with Crippen molar-refractivity contribution in [3.05, 3.63) is 0 Å². The van der Waals surface area contributed by atoms with E-state index in [-0.39, 0.29) is 0 Å². The molecule has 5 nitrogen and oxygen atoms in total. The number of likely N-dealkylation sites (N-methyl/N-ethyl adjacent to an activating group) is 2. The number of piperidine rings is 1. The van der Waals surface area contributed by atoms with Crippen LogP contribution in [0.25, 0.3) is 0 Å². The third-order valence-electron chi connectivity index (χ3n) is 3.38. The second kappa shape index (κ2) is 7.50. The van der Waals surface area contributed by atoms with Gasteiger partial charge < -0.3 is 9.80 Å². The Hall–Kier alpha value is -0.810. The Balaban J connectivity index is 2.52. The molecule has 1 atom stereocenters. The van der Waals surface area contributed by atoms with Crippen LogP contribution in [0, 0.1) is 0 Å². The van der Waals surface area contributed by atoms with Crippen LogP contribution in [0.3, 0.4) is 0 Å². The van der Waals surface area contributed by atoms with Gasteiger partial charge in [0.15, 0.2) is 0 Å². The van der Waals surface area contributed by atoms with Crippen molar-refractivity contribution >= 4 is 5.96 Å². The molecule has 0 radical (unpaired) electrons. The largest absolute Gasteiger partial charge is 0.341 e. The summed E-state index contributed by atoms with van der Waals surface area (Å²) < 4.78 is 0. The Bertz CT molecular complexity index is 241. The van der Waals surface area contributed by atoms with Gasteiger partial charge in [-0.15, -0.1) is 0 Å². The molecule has 5 heteroatoms. The number of nitrogens with one attached hydrogen (secondary N) is 1. The van der Waals surface area contributed by atoms with E-state index in [1.54, 1.807) is 0 Å². The summed E-state index contributed by atoms with van der Waals surface area (Å²) >= 11 is 0. The van der Waals surface area contributed by atoms with Gasteiger partial charge in [0.2, 0.25) is 5.96 Å². The van der Waals surface area contributed by atoms with Crippen LogP contribution in [0.15, 0.2) is 4.99 Å². The predicted molar refractivity (Wildman–Crippen MR) is 72.8 cm³/mol. The normalized spacial score (nSPS) is 22.6. The summed E-state index contributed by atoms with van der Waals surface area (Å²) in [6.45, 7) is 5.31. The molecule has 0 aliphatic carbocycles. The number of hydrazine groups is 1. The standard InChI is InChI=1S/C12H27N5/c1-4-5-8-14-12(15-13)17(3)11-7-6-9-16(2)10-11/h11H,4-10,13H2,1-3H3,(H,14,15). The van der Waals surface area contributed by atoms with Crippen molar-refractivity contribution in [3.8, 4) is 0 Å². The van der Waals surface area contributed by atoms with Crippen molar-refractivity contribution in [2.75, 3.05) is 33.7 Å². The molecule has 1 unspecified atom stereocenters. The summed E-state index contributed by atoms with van der Waals surface area (Å²) in [5, 5.41) is 0. The number of hydrogen-bond donors (Lipinski definition) is 2. The summed E-state index contributed by atoms with van der Waals surface area (Å²) in [7, 11) is 4.25. The van der Waals surface area contributed by atoms with E-state index in [0.717, 1.165) is 31.9 Å². The zero-order valence-electron chi connectivity index (χ0n) is 11.4. The van der Waals surface area contributed by atoms with Crippen molar-refractivity contribution in [2.45, 2.75) is 38.6 Å². The number of nitrogens with two attached hydrogens (primary N) is 1. The van der Waals surface area contributed by atoms with Crippen LogP contribution in [0.5, 0.6) is 0 Å². The average molecular weight is 241 g/mol. The summed E-state index contributed by atoms with van der Waals surface area (Å²) in [6.07, 6.45) is 4.74. The minimum Gasteiger partial charge on any atom is -0.341 e. The van der Waals surface area contributed by atoms with E-state index in [1.165, 1.54) is 19.4 Å². The van der Waals surface area contributed by atoms with Gasteiger partial charge in [-0.05, 0) is 32.9 Å². The first kappa shape index (κ1) is 14.3. The van der Waals surface area contributed by atoms with Gasteiger partial charge in [0.05, 0.1) is 0 Å². The predicted octanol–water partition coefficient (Wildman–Crippen LogP) is 0.632. The van der Waals surface area contributed by atoms with E-state index in [9.17, 15) is 0 Å². The van der Waals surface area contributed by atoms with Crippen molar-refractivity contribution in [2.24, 2.45) is 10.8 Å². The van der Waals surface area contributed by atoms with Gasteiger partial charge in [0.25, 0.3) is 0 Å². The maximum atomic E-state index is 5.56. The molecule has 1 aliphatic rings. The zero-order chi connectivity index (χ0) is 12.7. The Morgan fingerprint density at radius 2 is 2.35 bits per heavy atom. The minimum atomic E-state index is 0.519. The highest BCUT2D eigenvalue weighted by atomic mass is 15.4. The van der Waals surface area contributed by atoms with Gasteiger partial charge >= 0.3 is 0 Å². The number of unbranched alkanes of at least 4 members (excludes halogenated alkanes) is 1. The van der Waals surface area contributed by atoms with Crippen molar-refractivity contribution < 1.29 is 0 Å². The van der Waals surface area contributed by atoms with Gasteiger partial charge in [0.1, 0.15) is 0 Å². The lowest BCUT2D eigenvalue weighted by molar-refractivity contribution is 0.179. The first-order valence-electron chi connectivity index (χ1n) is 6.61. The Morgan fingerprint density at radius 3 is 2.94 bits per heavy atom. The molecule has 17 heavy (non-hydrogen) atoms. The molecule has 0 bridgehead atoms. The van der Waals surface area contributed by atoms with Crippen LogP contribution in [0.4, 0.5) is 0 Å². The van der Waals surface area contributed by atoms with Crippen molar-refractivity contribution in [1.82, 2.24) is 15.2 Å². The molecule has 0 amide bonds. The molecule has 1 fully saturated rings. The second-order valence-corrected chi connectivity index (χ2v) is 4.87. The molecule has 1 saturated heterocycles. The van der Waals surface area contributed by atoms with Crippen LogP contribution in [0.1, 0.15) is 32.6 Å². The number of nitrogens with zero attached hydrogens (tertiary/aromatic N) is 3. The SMILES string of the molecule is CCCCN=C(NN)N(C)C1CCCN(C)C1. The zero-order valence-corrected chi connectivity index (χ0v) is 11.4. The quantitative estimate of drug-likeness (QED) is 0.249. The molecular formula is C12H27N5. The van der Waals surface area contributed by atoms with Gasteiger partial charge in [-0.3, -0.25) is 10.4 Å². The van der Waals surface area contributed by atoms with Gasteiger partial charge in [0, 0.05) is 26.2 Å². The summed E-state index contributed by atoms with van der Waals surface area (Å²) in [6, 6.07) is 0.519. The number of aliphatic imine (C=N–C) groups is 1. The van der Waals surface area contributed by atoms with Crippen LogP contribution < -0.4 is 11.3 Å². The van der Waals surface area contributed by atoms with Crippen molar-refractivity contribution in [3.63, 3.8) is 0 Å². The molecule has 0 aromatic rings. The number of rotatable bonds is 4. The molecule has 3 N–H and O–H groups in total. The van der Waals surface area contributed by atoms with E-state index in [4.69, 9.17) is 5.84 Å². The maximum Gasteiger partial charge on any atom is 0.208 e. The van der Waals surface area contributed by atoms with Crippen LogP contribution in [-0.2, 0) is 0 Å². The number of likely N-dealkylation sites (tertiary alicyclic amines) is 1. The summed E-state index contributed by atoms with van der Waals surface area (Å²) in [5.74, 6) is 6.38. The molecule has 1 aliphatic heterocycles. The number of hydrogen-bond acceptors (Lipinski definition) is 3. The molecule has 0 spiro atoms. The molecule has 0 aromatic heterocycles. The van der Waals surface area contributed by atoms with Gasteiger partial charge in [-0.2, -0.15) is 0 Å². The van der Waals surface area contributed by atoms with Crippen LogP contribution in [-0.4, -0.2) is 55.5 Å². The van der Waals surface area contributed by atoms with Gasteiger partial charge in [-0.1, -0.05) is 13.3 Å². The van der Waals surface area contributed by atoms with Crippen LogP contribution >= 0.6 is 0 Å². The highest BCUT2D eigenvalue weighted by Crippen LogP contribution is 2.13. The topological polar surface area (TPSA) is 56.9 Å². The fourth-order valence-electron chi connectivity index (χ4n) is 2.23.